The summed E-state index contributed by atoms with van der Waals surface area (Å²) in [4.78, 5) is 33.4. The van der Waals surface area contributed by atoms with Crippen molar-refractivity contribution in [1.29, 1.82) is 0 Å². The minimum Gasteiger partial charge on any atom is -0.435 e. The quantitative estimate of drug-likeness (QED) is 0.580. The lowest BCUT2D eigenvalue weighted by molar-refractivity contribution is -0.0498. The van der Waals surface area contributed by atoms with Gasteiger partial charge in [0.15, 0.2) is 5.78 Å². The number of ketones is 1. The topological polar surface area (TPSA) is 67.2 Å². The third-order valence-electron chi connectivity index (χ3n) is 5.08. The number of carbonyl (C=O) groups is 2. The summed E-state index contributed by atoms with van der Waals surface area (Å²) in [6.07, 6.45) is 5.29. The van der Waals surface area contributed by atoms with Gasteiger partial charge in [-0.3, -0.25) is 14.5 Å². The molecule has 0 aliphatic carbocycles. The molecule has 0 unspecified atom stereocenters. The van der Waals surface area contributed by atoms with Crippen molar-refractivity contribution in [1.82, 2.24) is 19.2 Å². The van der Waals surface area contributed by atoms with Gasteiger partial charge >= 0.3 is 6.61 Å². The van der Waals surface area contributed by atoms with E-state index >= 15 is 0 Å². The van der Waals surface area contributed by atoms with Gasteiger partial charge in [0, 0.05) is 50.3 Å². The molecule has 4 rings (SSSR count). The Balaban J connectivity index is 1.33. The maximum absolute atomic E-state index is 12.9. The van der Waals surface area contributed by atoms with Crippen LogP contribution in [-0.4, -0.2) is 70.2 Å². The fraction of sp³-hybridized carbons (Fsp3) is 0.286. The highest BCUT2D eigenvalue weighted by atomic mass is 19.3. The number of alkyl halides is 2. The molecule has 0 saturated carbocycles. The first-order valence-corrected chi connectivity index (χ1v) is 9.52. The van der Waals surface area contributed by atoms with Crippen molar-refractivity contribution in [2.75, 3.05) is 32.7 Å². The van der Waals surface area contributed by atoms with Crippen molar-refractivity contribution >= 4 is 17.3 Å². The molecule has 7 nitrogen and oxygen atoms in total. The molecule has 1 saturated heterocycles. The molecule has 0 atom stereocenters. The zero-order valence-corrected chi connectivity index (χ0v) is 16.1. The number of carbonyl (C=O) groups excluding carboxylic acids is 2. The summed E-state index contributed by atoms with van der Waals surface area (Å²) in [5, 5.41) is 0. The summed E-state index contributed by atoms with van der Waals surface area (Å²) >= 11 is 0. The molecule has 3 aromatic rings. The number of aromatic nitrogens is 2. The van der Waals surface area contributed by atoms with Crippen LogP contribution >= 0.6 is 0 Å². The Hall–Kier alpha value is -3.33. The number of nitrogens with zero attached hydrogens (tertiary/aromatic N) is 4. The second-order valence-electron chi connectivity index (χ2n) is 6.97. The molecular weight excluding hydrogens is 394 g/mol. The number of fused-ring (bicyclic) bond motifs is 1. The third kappa shape index (κ3) is 4.30. The Morgan fingerprint density at radius 3 is 2.47 bits per heavy atom. The molecular formula is C21H20F2N4O3. The van der Waals surface area contributed by atoms with Gasteiger partial charge in [0.1, 0.15) is 11.4 Å². The maximum atomic E-state index is 12.9. The minimum atomic E-state index is -2.90. The van der Waals surface area contributed by atoms with Gasteiger partial charge in [-0.05, 0) is 36.4 Å². The highest BCUT2D eigenvalue weighted by Gasteiger charge is 2.25. The van der Waals surface area contributed by atoms with E-state index in [1.165, 1.54) is 24.3 Å². The van der Waals surface area contributed by atoms with Crippen molar-refractivity contribution < 1.29 is 23.1 Å². The van der Waals surface area contributed by atoms with Crippen LogP contribution < -0.4 is 4.74 Å². The second kappa shape index (κ2) is 8.58. The van der Waals surface area contributed by atoms with Crippen LogP contribution in [0.2, 0.25) is 0 Å². The normalized spacial score (nSPS) is 15.0. The zero-order valence-electron chi connectivity index (χ0n) is 16.1. The number of hydrogen-bond acceptors (Lipinski definition) is 5. The van der Waals surface area contributed by atoms with E-state index in [0.717, 1.165) is 0 Å². The van der Waals surface area contributed by atoms with Crippen molar-refractivity contribution in [2.45, 2.75) is 6.61 Å². The van der Waals surface area contributed by atoms with Crippen LogP contribution in [0.1, 0.15) is 20.7 Å². The molecule has 3 heterocycles. The molecule has 2 aromatic heterocycles. The number of halogens is 2. The predicted molar refractivity (Wildman–Crippen MR) is 105 cm³/mol. The summed E-state index contributed by atoms with van der Waals surface area (Å²) in [5.41, 5.74) is 1.61. The molecule has 9 heteroatoms. The van der Waals surface area contributed by atoms with Gasteiger partial charge in [-0.1, -0.05) is 0 Å². The number of imidazole rings is 1. The van der Waals surface area contributed by atoms with E-state index in [1.54, 1.807) is 27.8 Å². The number of rotatable bonds is 6. The van der Waals surface area contributed by atoms with E-state index in [9.17, 15) is 18.4 Å². The molecule has 0 N–H and O–H groups in total. The van der Waals surface area contributed by atoms with Crippen LogP contribution in [0.4, 0.5) is 8.78 Å². The standard InChI is InChI=1S/C21H20F2N4O3/c22-21(23)30-16-5-3-15(4-6-16)18(28)14-25-10-12-27(13-11-25)20(29)17-2-1-8-26-9-7-24-19(17)26/h1-9,21H,10-14H2. The Morgan fingerprint density at radius 2 is 1.77 bits per heavy atom. The van der Waals surface area contributed by atoms with E-state index in [-0.39, 0.29) is 24.0 Å². The van der Waals surface area contributed by atoms with E-state index in [0.29, 0.717) is 43.0 Å². The Kier molecular flexibility index (Phi) is 5.71. The zero-order chi connectivity index (χ0) is 21.1. The number of hydrogen-bond donors (Lipinski definition) is 0. The summed E-state index contributed by atoms with van der Waals surface area (Å²) in [7, 11) is 0. The maximum Gasteiger partial charge on any atom is 0.387 e. The monoisotopic (exact) mass is 414 g/mol. The third-order valence-corrected chi connectivity index (χ3v) is 5.08. The van der Waals surface area contributed by atoms with E-state index < -0.39 is 6.61 Å². The Bertz CT molecular complexity index is 1040. The van der Waals surface area contributed by atoms with Gasteiger partial charge in [-0.15, -0.1) is 0 Å². The fourth-order valence-corrected chi connectivity index (χ4v) is 3.51. The molecule has 0 bridgehead atoms. The number of ether oxygens (including phenoxy) is 1. The molecule has 156 valence electrons. The molecule has 1 aromatic carbocycles. The first-order valence-electron chi connectivity index (χ1n) is 9.52. The first kappa shape index (κ1) is 20.0. The van der Waals surface area contributed by atoms with Gasteiger partial charge in [0.25, 0.3) is 5.91 Å². The fourth-order valence-electron chi connectivity index (χ4n) is 3.51. The first-order chi connectivity index (χ1) is 14.5. The van der Waals surface area contributed by atoms with Crippen LogP contribution in [0.5, 0.6) is 5.75 Å². The van der Waals surface area contributed by atoms with Crippen molar-refractivity contribution in [3.63, 3.8) is 0 Å². The number of pyridine rings is 1. The van der Waals surface area contributed by atoms with Crippen LogP contribution in [0.3, 0.4) is 0 Å². The van der Waals surface area contributed by atoms with Crippen LogP contribution in [0.25, 0.3) is 5.65 Å². The smallest absolute Gasteiger partial charge is 0.387 e. The molecule has 0 radical (unpaired) electrons. The molecule has 0 spiro atoms. The van der Waals surface area contributed by atoms with Crippen molar-refractivity contribution in [3.8, 4) is 5.75 Å². The second-order valence-corrected chi connectivity index (χ2v) is 6.97. The number of benzene rings is 1. The summed E-state index contributed by atoms with van der Waals surface area (Å²) in [5.74, 6) is -0.172. The van der Waals surface area contributed by atoms with Crippen LogP contribution in [-0.2, 0) is 0 Å². The average molecular weight is 414 g/mol. The average Bonchev–Trinajstić information content (AvgIpc) is 3.23. The summed E-state index contributed by atoms with van der Waals surface area (Å²) < 4.78 is 30.5. The van der Waals surface area contributed by atoms with E-state index in [2.05, 4.69) is 9.72 Å². The van der Waals surface area contributed by atoms with E-state index in [1.807, 2.05) is 17.2 Å². The van der Waals surface area contributed by atoms with Gasteiger partial charge in [0.2, 0.25) is 0 Å². The number of amides is 1. The minimum absolute atomic E-state index is 0.0150. The lowest BCUT2D eigenvalue weighted by Gasteiger charge is -2.34. The van der Waals surface area contributed by atoms with Crippen LogP contribution in [0.15, 0.2) is 55.0 Å². The lowest BCUT2D eigenvalue weighted by atomic mass is 10.1. The summed E-state index contributed by atoms with van der Waals surface area (Å²) in [6.45, 7) is -0.536. The summed E-state index contributed by atoms with van der Waals surface area (Å²) in [6, 6.07) is 9.24. The highest BCUT2D eigenvalue weighted by Crippen LogP contribution is 2.17. The molecule has 1 fully saturated rings. The van der Waals surface area contributed by atoms with Crippen molar-refractivity contribution in [3.05, 3.63) is 66.1 Å². The molecule has 1 aliphatic rings. The van der Waals surface area contributed by atoms with Crippen molar-refractivity contribution in [2.24, 2.45) is 0 Å². The van der Waals surface area contributed by atoms with E-state index in [4.69, 9.17) is 0 Å². The van der Waals surface area contributed by atoms with Crippen LogP contribution in [0, 0.1) is 0 Å². The van der Waals surface area contributed by atoms with Gasteiger partial charge in [-0.25, -0.2) is 4.98 Å². The Morgan fingerprint density at radius 1 is 1.03 bits per heavy atom. The lowest BCUT2D eigenvalue weighted by Crippen LogP contribution is -2.50. The largest absolute Gasteiger partial charge is 0.435 e. The van der Waals surface area contributed by atoms with Gasteiger partial charge in [-0.2, -0.15) is 8.78 Å². The van der Waals surface area contributed by atoms with Gasteiger partial charge < -0.3 is 14.0 Å². The molecule has 1 aliphatic heterocycles. The highest BCUT2D eigenvalue weighted by molar-refractivity contribution is 6.00. The molecule has 1 amide bonds. The molecule has 30 heavy (non-hydrogen) atoms. The Labute approximate surface area is 171 Å². The number of piperazine rings is 1. The van der Waals surface area contributed by atoms with Gasteiger partial charge in [0.05, 0.1) is 12.1 Å². The predicted octanol–water partition coefficient (Wildman–Crippen LogP) is 2.58. The SMILES string of the molecule is O=C(CN1CCN(C(=O)c2cccn3ccnc23)CC1)c1ccc(OC(F)F)cc1. The number of Topliss-reactive ketones (excluding diaryl/α,β-unsaturated/α-hetero) is 1.